The van der Waals surface area contributed by atoms with Crippen LogP contribution in [0.4, 0.5) is 5.69 Å². The molecule has 0 aromatic heterocycles. The van der Waals surface area contributed by atoms with Crippen LogP contribution in [0.5, 0.6) is 17.2 Å². The van der Waals surface area contributed by atoms with Gasteiger partial charge in [-0.15, -0.1) is 0 Å². The van der Waals surface area contributed by atoms with Gasteiger partial charge in [0.2, 0.25) is 0 Å². The van der Waals surface area contributed by atoms with E-state index in [1.165, 1.54) is 37.3 Å². The maximum atomic E-state index is 12.8. The number of rotatable bonds is 5. The van der Waals surface area contributed by atoms with Gasteiger partial charge in [0.25, 0.3) is 5.91 Å². The van der Waals surface area contributed by atoms with E-state index in [-0.39, 0.29) is 15.8 Å². The van der Waals surface area contributed by atoms with Gasteiger partial charge in [-0.05, 0) is 35.9 Å². The number of nitrogens with zero attached hydrogens (tertiary/aromatic N) is 1. The van der Waals surface area contributed by atoms with Crippen molar-refractivity contribution in [2.45, 2.75) is 0 Å². The molecule has 1 aliphatic rings. The zero-order chi connectivity index (χ0) is 20.4. The van der Waals surface area contributed by atoms with Crippen molar-refractivity contribution in [3.05, 3.63) is 52.4 Å². The van der Waals surface area contributed by atoms with E-state index >= 15 is 0 Å². The number of hydrogen-bond acceptors (Lipinski definition) is 7. The second kappa shape index (κ2) is 7.91. The number of carbonyl (C=O) groups is 2. The molecule has 0 aliphatic carbocycles. The van der Waals surface area contributed by atoms with Crippen LogP contribution < -0.4 is 14.4 Å². The van der Waals surface area contributed by atoms with Crippen molar-refractivity contribution in [1.29, 1.82) is 0 Å². The fraction of sp³-hybridized carbons (Fsp3) is 0.105. The third kappa shape index (κ3) is 3.67. The molecule has 7 nitrogen and oxygen atoms in total. The molecule has 2 aromatic rings. The highest BCUT2D eigenvalue weighted by molar-refractivity contribution is 8.27. The first-order valence-corrected chi connectivity index (χ1v) is 9.14. The Morgan fingerprint density at radius 2 is 1.86 bits per heavy atom. The quantitative estimate of drug-likeness (QED) is 0.564. The van der Waals surface area contributed by atoms with Crippen molar-refractivity contribution in [2.24, 2.45) is 0 Å². The van der Waals surface area contributed by atoms with Gasteiger partial charge in [0.1, 0.15) is 11.3 Å². The molecule has 0 bridgehead atoms. The summed E-state index contributed by atoms with van der Waals surface area (Å²) in [6.07, 6.45) is 1.67. The first-order chi connectivity index (χ1) is 13.3. The average Bonchev–Trinajstić information content (AvgIpc) is 2.94. The summed E-state index contributed by atoms with van der Waals surface area (Å²) in [5.41, 5.74) is 0.762. The number of phenols is 1. The van der Waals surface area contributed by atoms with Gasteiger partial charge in [0.05, 0.1) is 24.8 Å². The SMILES string of the molecule is COc1ccc(/C=C2\SC(=S)N(c3ccc(C(=O)O)c(O)c3)C2=O)cc1OC. The van der Waals surface area contributed by atoms with Gasteiger partial charge >= 0.3 is 5.97 Å². The van der Waals surface area contributed by atoms with Crippen LogP contribution >= 0.6 is 24.0 Å². The third-order valence-corrected chi connectivity index (χ3v) is 5.27. The Morgan fingerprint density at radius 1 is 1.14 bits per heavy atom. The molecule has 2 N–H and O–H groups in total. The molecule has 1 aliphatic heterocycles. The van der Waals surface area contributed by atoms with Gasteiger partial charge in [0, 0.05) is 6.07 Å². The summed E-state index contributed by atoms with van der Waals surface area (Å²) < 4.78 is 10.7. The Kier molecular flexibility index (Phi) is 5.57. The van der Waals surface area contributed by atoms with Gasteiger partial charge in [-0.25, -0.2) is 4.79 Å². The van der Waals surface area contributed by atoms with E-state index in [2.05, 4.69) is 0 Å². The van der Waals surface area contributed by atoms with Crippen LogP contribution in [0.3, 0.4) is 0 Å². The van der Waals surface area contributed by atoms with Gasteiger partial charge in [-0.2, -0.15) is 0 Å². The number of ether oxygens (including phenoxy) is 2. The summed E-state index contributed by atoms with van der Waals surface area (Å²) in [4.78, 5) is 25.5. The van der Waals surface area contributed by atoms with Crippen molar-refractivity contribution >= 4 is 51.9 Å². The number of methoxy groups -OCH3 is 2. The molecule has 1 amide bonds. The Hall–Kier alpha value is -3.04. The predicted octanol–water partition coefficient (Wildman–Crippen LogP) is 3.51. The van der Waals surface area contributed by atoms with Gasteiger partial charge in [-0.1, -0.05) is 30.0 Å². The van der Waals surface area contributed by atoms with Crippen LogP contribution in [0.2, 0.25) is 0 Å². The first kappa shape index (κ1) is 19.7. The lowest BCUT2D eigenvalue weighted by Gasteiger charge is -2.15. The van der Waals surface area contributed by atoms with Crippen LogP contribution in [-0.4, -0.2) is 40.6 Å². The third-order valence-electron chi connectivity index (χ3n) is 3.97. The summed E-state index contributed by atoms with van der Waals surface area (Å²) in [5, 5.41) is 18.9. The van der Waals surface area contributed by atoms with Crippen LogP contribution in [-0.2, 0) is 4.79 Å². The minimum atomic E-state index is -1.26. The van der Waals surface area contributed by atoms with Crippen molar-refractivity contribution in [3.63, 3.8) is 0 Å². The van der Waals surface area contributed by atoms with Crippen molar-refractivity contribution in [1.82, 2.24) is 0 Å². The number of benzene rings is 2. The normalized spacial score (nSPS) is 15.2. The van der Waals surface area contributed by atoms with Crippen molar-refractivity contribution in [2.75, 3.05) is 19.1 Å². The molecule has 0 spiro atoms. The Balaban J connectivity index is 1.93. The number of aromatic carboxylic acids is 1. The molecule has 0 radical (unpaired) electrons. The second-order valence-electron chi connectivity index (χ2n) is 5.64. The zero-order valence-corrected chi connectivity index (χ0v) is 16.5. The molecular weight excluding hydrogens is 402 g/mol. The lowest BCUT2D eigenvalue weighted by Crippen LogP contribution is -2.27. The average molecular weight is 417 g/mol. The molecule has 1 heterocycles. The highest BCUT2D eigenvalue weighted by Crippen LogP contribution is 2.38. The smallest absolute Gasteiger partial charge is 0.339 e. The van der Waals surface area contributed by atoms with Crippen LogP contribution in [0.1, 0.15) is 15.9 Å². The minimum Gasteiger partial charge on any atom is -0.507 e. The number of amides is 1. The molecule has 0 unspecified atom stereocenters. The van der Waals surface area contributed by atoms with E-state index in [4.69, 9.17) is 26.8 Å². The molecular formula is C19H15NO6S2. The number of carbonyl (C=O) groups excluding carboxylic acids is 1. The Labute approximate surface area is 170 Å². The molecule has 28 heavy (non-hydrogen) atoms. The summed E-state index contributed by atoms with van der Waals surface area (Å²) in [6.45, 7) is 0. The van der Waals surface area contributed by atoms with Gasteiger partial charge in [0.15, 0.2) is 15.8 Å². The van der Waals surface area contributed by atoms with E-state index in [9.17, 15) is 14.7 Å². The largest absolute Gasteiger partial charge is 0.507 e. The molecule has 0 atom stereocenters. The molecule has 1 fully saturated rings. The van der Waals surface area contributed by atoms with E-state index < -0.39 is 11.7 Å². The van der Waals surface area contributed by atoms with Crippen molar-refractivity contribution in [3.8, 4) is 17.2 Å². The Bertz CT molecular complexity index is 1020. The monoisotopic (exact) mass is 417 g/mol. The minimum absolute atomic E-state index is 0.255. The number of hydrogen-bond donors (Lipinski definition) is 2. The summed E-state index contributed by atoms with van der Waals surface area (Å²) in [5.74, 6) is -0.972. The number of aromatic hydroxyl groups is 1. The van der Waals surface area contributed by atoms with Gasteiger partial charge in [-0.3, -0.25) is 9.69 Å². The maximum Gasteiger partial charge on any atom is 0.339 e. The number of anilines is 1. The van der Waals surface area contributed by atoms with E-state index in [0.29, 0.717) is 22.1 Å². The maximum absolute atomic E-state index is 12.8. The highest BCUT2D eigenvalue weighted by Gasteiger charge is 2.33. The topological polar surface area (TPSA) is 96.3 Å². The van der Waals surface area contributed by atoms with Gasteiger partial charge < -0.3 is 19.7 Å². The zero-order valence-electron chi connectivity index (χ0n) is 14.8. The fourth-order valence-electron chi connectivity index (χ4n) is 2.62. The predicted molar refractivity (Wildman–Crippen MR) is 110 cm³/mol. The molecule has 0 saturated carbocycles. The summed E-state index contributed by atoms with van der Waals surface area (Å²) >= 11 is 6.40. The van der Waals surface area contributed by atoms with Crippen LogP contribution in [0.25, 0.3) is 6.08 Å². The van der Waals surface area contributed by atoms with E-state index in [1.807, 2.05) is 0 Å². The lowest BCUT2D eigenvalue weighted by atomic mass is 10.1. The molecule has 2 aromatic carbocycles. The lowest BCUT2D eigenvalue weighted by molar-refractivity contribution is -0.113. The molecule has 9 heteroatoms. The van der Waals surface area contributed by atoms with Crippen LogP contribution in [0.15, 0.2) is 41.3 Å². The number of carboxylic acids is 1. The Morgan fingerprint density at radius 3 is 2.46 bits per heavy atom. The first-order valence-electron chi connectivity index (χ1n) is 7.92. The summed E-state index contributed by atoms with van der Waals surface area (Å²) in [6, 6.07) is 9.10. The standard InChI is InChI=1S/C19H15NO6S2/c1-25-14-6-3-10(7-15(14)26-2)8-16-17(22)20(19(27)28-16)11-4-5-12(18(23)24)13(21)9-11/h3-9,21H,1-2H3,(H,23,24)/b16-8-. The number of carboxylic acid groups (broad SMARTS) is 1. The summed E-state index contributed by atoms with van der Waals surface area (Å²) in [7, 11) is 3.06. The molecule has 1 saturated heterocycles. The number of thioether (sulfide) groups is 1. The van der Waals surface area contributed by atoms with E-state index in [0.717, 1.165) is 17.3 Å². The molecule has 144 valence electrons. The highest BCUT2D eigenvalue weighted by atomic mass is 32.2. The van der Waals surface area contributed by atoms with E-state index in [1.54, 1.807) is 24.3 Å². The fourth-order valence-corrected chi connectivity index (χ4v) is 3.92. The number of thiocarbonyl (C=S) groups is 1. The van der Waals surface area contributed by atoms with Crippen LogP contribution in [0, 0.1) is 0 Å². The molecule has 3 rings (SSSR count). The second-order valence-corrected chi connectivity index (χ2v) is 7.31. The van der Waals surface area contributed by atoms with Crippen molar-refractivity contribution < 1.29 is 29.3 Å².